The van der Waals surface area contributed by atoms with Gasteiger partial charge in [-0.25, -0.2) is 4.21 Å². The highest BCUT2D eigenvalue weighted by molar-refractivity contribution is 7.80. The lowest BCUT2D eigenvalue weighted by Gasteiger charge is -2.18. The van der Waals surface area contributed by atoms with E-state index in [2.05, 4.69) is 6.58 Å². The molecule has 1 rings (SSSR count). The maximum Gasteiger partial charge on any atom is 0.488 e. The van der Waals surface area contributed by atoms with Gasteiger partial charge in [0.15, 0.2) is 0 Å². The Morgan fingerprint density at radius 2 is 1.94 bits per heavy atom. The van der Waals surface area contributed by atoms with E-state index in [1.165, 1.54) is 34.6 Å². The van der Waals surface area contributed by atoms with Crippen LogP contribution in [-0.4, -0.2) is 32.5 Å². The van der Waals surface area contributed by atoms with Gasteiger partial charge in [-0.05, 0) is 17.6 Å². The topological polar surface area (TPSA) is 81.0 Å². The molecule has 0 aliphatic carbocycles. The van der Waals surface area contributed by atoms with Crippen molar-refractivity contribution in [2.45, 2.75) is 0 Å². The SMILES string of the molecule is C=CCN(c1ccc(B(O)O)cc1)S(=O)O. The van der Waals surface area contributed by atoms with Crippen molar-refractivity contribution in [2.24, 2.45) is 0 Å². The first kappa shape index (κ1) is 12.9. The molecular weight excluding hydrogens is 229 g/mol. The molecule has 5 nitrogen and oxygen atoms in total. The minimum absolute atomic E-state index is 0.226. The number of hydrogen-bond acceptors (Lipinski definition) is 3. The summed E-state index contributed by atoms with van der Waals surface area (Å²) >= 11 is -2.13. The lowest BCUT2D eigenvalue weighted by molar-refractivity contribution is 0.426. The van der Waals surface area contributed by atoms with Crippen LogP contribution in [0.2, 0.25) is 0 Å². The molecule has 0 spiro atoms. The van der Waals surface area contributed by atoms with E-state index in [1.807, 2.05) is 0 Å². The molecule has 0 amide bonds. The molecule has 1 unspecified atom stereocenters. The maximum atomic E-state index is 11.0. The molecule has 0 aliphatic heterocycles. The van der Waals surface area contributed by atoms with Gasteiger partial charge in [0.1, 0.15) is 0 Å². The van der Waals surface area contributed by atoms with Crippen LogP contribution in [0.1, 0.15) is 0 Å². The highest BCUT2D eigenvalue weighted by Crippen LogP contribution is 2.13. The van der Waals surface area contributed by atoms with Crippen LogP contribution < -0.4 is 9.77 Å². The molecular formula is C9H12BNO4S. The van der Waals surface area contributed by atoms with Crippen molar-refractivity contribution < 1.29 is 18.8 Å². The molecule has 0 saturated heterocycles. The Balaban J connectivity index is 2.93. The van der Waals surface area contributed by atoms with Gasteiger partial charge in [0.05, 0.1) is 12.2 Å². The highest BCUT2D eigenvalue weighted by Gasteiger charge is 2.13. The first-order chi connectivity index (χ1) is 7.56. The van der Waals surface area contributed by atoms with Crippen molar-refractivity contribution in [1.82, 2.24) is 0 Å². The molecule has 7 heteroatoms. The molecule has 0 aromatic heterocycles. The van der Waals surface area contributed by atoms with E-state index in [9.17, 15) is 4.21 Å². The normalized spacial score (nSPS) is 11.9. The molecule has 16 heavy (non-hydrogen) atoms. The van der Waals surface area contributed by atoms with Crippen LogP contribution >= 0.6 is 0 Å². The molecule has 1 aromatic rings. The zero-order valence-electron chi connectivity index (χ0n) is 8.48. The van der Waals surface area contributed by atoms with E-state index >= 15 is 0 Å². The van der Waals surface area contributed by atoms with E-state index in [0.717, 1.165) is 0 Å². The van der Waals surface area contributed by atoms with Gasteiger partial charge in [0.25, 0.3) is 11.3 Å². The van der Waals surface area contributed by atoms with Crippen molar-refractivity contribution in [3.8, 4) is 0 Å². The fourth-order valence-corrected chi connectivity index (χ4v) is 1.72. The third-order valence-electron chi connectivity index (χ3n) is 1.96. The Labute approximate surface area is 96.6 Å². The van der Waals surface area contributed by atoms with Gasteiger partial charge < -0.3 is 10.0 Å². The summed E-state index contributed by atoms with van der Waals surface area (Å²) < 4.78 is 21.2. The zero-order valence-corrected chi connectivity index (χ0v) is 9.30. The Morgan fingerprint density at radius 1 is 1.38 bits per heavy atom. The summed E-state index contributed by atoms with van der Waals surface area (Å²) in [5.74, 6) is 0. The molecule has 0 radical (unpaired) electrons. The van der Waals surface area contributed by atoms with Gasteiger partial charge in [0.2, 0.25) is 0 Å². The Hall–Kier alpha value is -1.15. The molecule has 0 bridgehead atoms. The number of anilines is 1. The van der Waals surface area contributed by atoms with Crippen LogP contribution in [0, 0.1) is 0 Å². The summed E-state index contributed by atoms with van der Waals surface area (Å²) in [6, 6.07) is 6.02. The zero-order chi connectivity index (χ0) is 12.1. The van der Waals surface area contributed by atoms with Crippen LogP contribution in [0.25, 0.3) is 0 Å². The summed E-state index contributed by atoms with van der Waals surface area (Å²) in [6.45, 7) is 3.71. The van der Waals surface area contributed by atoms with Crippen LogP contribution in [0.15, 0.2) is 36.9 Å². The summed E-state index contributed by atoms with van der Waals surface area (Å²) in [7, 11) is -1.54. The minimum Gasteiger partial charge on any atom is -0.423 e. The first-order valence-corrected chi connectivity index (χ1v) is 5.58. The highest BCUT2D eigenvalue weighted by atomic mass is 32.2. The van der Waals surface area contributed by atoms with Gasteiger partial charge >= 0.3 is 7.12 Å². The van der Waals surface area contributed by atoms with E-state index < -0.39 is 18.4 Å². The molecule has 0 heterocycles. The van der Waals surface area contributed by atoms with Crippen molar-refractivity contribution in [3.05, 3.63) is 36.9 Å². The molecule has 86 valence electrons. The predicted octanol–water partition coefficient (Wildman–Crippen LogP) is -0.504. The third kappa shape index (κ3) is 3.17. The number of benzene rings is 1. The van der Waals surface area contributed by atoms with Crippen LogP contribution in [0.4, 0.5) is 5.69 Å². The second-order valence-electron chi connectivity index (χ2n) is 3.05. The number of rotatable bonds is 5. The standard InChI is InChI=1S/C9H12BNO4S/c1-2-7-11(16(14)15)9-5-3-8(4-6-9)10(12)13/h2-6,12-13H,1,7H2,(H,14,15). The van der Waals surface area contributed by atoms with Crippen LogP contribution in [0.3, 0.4) is 0 Å². The summed E-state index contributed by atoms with van der Waals surface area (Å²) in [5, 5.41) is 17.8. The van der Waals surface area contributed by atoms with Crippen LogP contribution in [0.5, 0.6) is 0 Å². The van der Waals surface area contributed by atoms with Crippen molar-refractivity contribution in [3.63, 3.8) is 0 Å². The van der Waals surface area contributed by atoms with Crippen molar-refractivity contribution in [2.75, 3.05) is 10.8 Å². The van der Waals surface area contributed by atoms with Gasteiger partial charge in [0, 0.05) is 0 Å². The third-order valence-corrected chi connectivity index (χ3v) is 2.70. The summed E-state index contributed by atoms with van der Waals surface area (Å²) in [4.78, 5) is 0. The number of hydrogen-bond donors (Lipinski definition) is 3. The summed E-state index contributed by atoms with van der Waals surface area (Å²) in [5.41, 5.74) is 0.830. The molecule has 1 atom stereocenters. The van der Waals surface area contributed by atoms with Gasteiger partial charge in [-0.3, -0.25) is 8.86 Å². The monoisotopic (exact) mass is 241 g/mol. The Morgan fingerprint density at radius 3 is 2.31 bits per heavy atom. The maximum absolute atomic E-state index is 11.0. The fraction of sp³-hybridized carbons (Fsp3) is 0.111. The molecule has 0 saturated carbocycles. The first-order valence-electron chi connectivity index (χ1n) is 4.51. The Kier molecular flexibility index (Phi) is 4.69. The van der Waals surface area contributed by atoms with Gasteiger partial charge in [-0.2, -0.15) is 0 Å². The van der Waals surface area contributed by atoms with E-state index in [-0.39, 0.29) is 6.54 Å². The average molecular weight is 241 g/mol. The fourth-order valence-electron chi connectivity index (χ4n) is 1.19. The molecule has 3 N–H and O–H groups in total. The quantitative estimate of drug-likeness (QED) is 0.368. The second-order valence-corrected chi connectivity index (χ2v) is 3.95. The number of nitrogens with zero attached hydrogens (tertiary/aromatic N) is 1. The lowest BCUT2D eigenvalue weighted by atomic mass is 9.80. The average Bonchev–Trinajstić information content (AvgIpc) is 2.25. The second kappa shape index (κ2) is 5.81. The van der Waals surface area contributed by atoms with Gasteiger partial charge in [-0.15, -0.1) is 6.58 Å². The van der Waals surface area contributed by atoms with Crippen molar-refractivity contribution >= 4 is 29.5 Å². The largest absolute Gasteiger partial charge is 0.488 e. The molecule has 1 aromatic carbocycles. The summed E-state index contributed by atoms with van der Waals surface area (Å²) in [6.07, 6.45) is 1.50. The van der Waals surface area contributed by atoms with Gasteiger partial charge in [-0.1, -0.05) is 18.2 Å². The van der Waals surface area contributed by atoms with E-state index in [1.54, 1.807) is 0 Å². The van der Waals surface area contributed by atoms with Crippen LogP contribution in [-0.2, 0) is 11.3 Å². The van der Waals surface area contributed by atoms with E-state index in [0.29, 0.717) is 11.2 Å². The molecule has 0 fully saturated rings. The van der Waals surface area contributed by atoms with E-state index in [4.69, 9.17) is 14.6 Å². The smallest absolute Gasteiger partial charge is 0.423 e. The molecule has 0 aliphatic rings. The Bertz CT molecular complexity index is 382. The predicted molar refractivity (Wildman–Crippen MR) is 64.6 cm³/mol. The van der Waals surface area contributed by atoms with Crippen molar-refractivity contribution in [1.29, 1.82) is 0 Å². The lowest BCUT2D eigenvalue weighted by Crippen LogP contribution is -2.30. The minimum atomic E-state index is -2.13.